The Morgan fingerprint density at radius 3 is 2.85 bits per heavy atom. The van der Waals surface area contributed by atoms with Gasteiger partial charge in [0.15, 0.2) is 0 Å². The maximum atomic E-state index is 8.60. The van der Waals surface area contributed by atoms with Gasteiger partial charge in [0.2, 0.25) is 0 Å². The van der Waals surface area contributed by atoms with Crippen molar-refractivity contribution in [2.24, 2.45) is 5.73 Å². The standard InChI is InChI=1S/C10H15NO2/c1-8-2-3-9(7-11)6-10(8)13-5-4-12/h2-3,6,12H,4-5,7,11H2,1H3. The van der Waals surface area contributed by atoms with Crippen molar-refractivity contribution in [1.82, 2.24) is 0 Å². The number of hydrogen-bond acceptors (Lipinski definition) is 3. The van der Waals surface area contributed by atoms with Crippen LogP contribution in [0.15, 0.2) is 18.2 Å². The minimum atomic E-state index is 0.0340. The van der Waals surface area contributed by atoms with E-state index < -0.39 is 0 Å². The predicted molar refractivity (Wildman–Crippen MR) is 51.7 cm³/mol. The van der Waals surface area contributed by atoms with Crippen molar-refractivity contribution in [1.29, 1.82) is 0 Å². The number of aliphatic hydroxyl groups is 1. The summed E-state index contributed by atoms with van der Waals surface area (Å²) in [5.41, 5.74) is 7.59. The third-order valence-corrected chi connectivity index (χ3v) is 1.84. The second-order valence-corrected chi connectivity index (χ2v) is 2.88. The third-order valence-electron chi connectivity index (χ3n) is 1.84. The van der Waals surface area contributed by atoms with Crippen LogP contribution in [0.2, 0.25) is 0 Å². The van der Waals surface area contributed by atoms with Gasteiger partial charge in [-0.3, -0.25) is 0 Å². The molecule has 0 radical (unpaired) electrons. The molecule has 0 spiro atoms. The minimum absolute atomic E-state index is 0.0340. The molecule has 1 aromatic rings. The van der Waals surface area contributed by atoms with Crippen LogP contribution in [0.25, 0.3) is 0 Å². The van der Waals surface area contributed by atoms with Gasteiger partial charge in [0.25, 0.3) is 0 Å². The lowest BCUT2D eigenvalue weighted by atomic mass is 10.1. The van der Waals surface area contributed by atoms with E-state index in [-0.39, 0.29) is 6.61 Å². The average Bonchev–Trinajstić information content (AvgIpc) is 2.17. The molecule has 0 atom stereocenters. The molecule has 0 amide bonds. The van der Waals surface area contributed by atoms with Crippen molar-refractivity contribution in [3.63, 3.8) is 0 Å². The molecule has 0 aromatic heterocycles. The van der Waals surface area contributed by atoms with Gasteiger partial charge in [0.05, 0.1) is 6.61 Å². The first-order chi connectivity index (χ1) is 6.27. The van der Waals surface area contributed by atoms with Gasteiger partial charge in [0.1, 0.15) is 12.4 Å². The lowest BCUT2D eigenvalue weighted by Gasteiger charge is -2.08. The van der Waals surface area contributed by atoms with E-state index >= 15 is 0 Å². The van der Waals surface area contributed by atoms with Crippen LogP contribution >= 0.6 is 0 Å². The summed E-state index contributed by atoms with van der Waals surface area (Å²) in [4.78, 5) is 0. The van der Waals surface area contributed by atoms with Crippen LogP contribution in [0.3, 0.4) is 0 Å². The Morgan fingerprint density at radius 1 is 1.46 bits per heavy atom. The molecule has 3 nitrogen and oxygen atoms in total. The Kier molecular flexibility index (Phi) is 3.73. The highest BCUT2D eigenvalue weighted by Crippen LogP contribution is 2.18. The first-order valence-electron chi connectivity index (χ1n) is 4.31. The van der Waals surface area contributed by atoms with Crippen LogP contribution in [0.5, 0.6) is 5.75 Å². The fourth-order valence-corrected chi connectivity index (χ4v) is 1.08. The highest BCUT2D eigenvalue weighted by Gasteiger charge is 1.99. The Labute approximate surface area is 78.1 Å². The molecule has 0 fully saturated rings. The predicted octanol–water partition coefficient (Wildman–Crippen LogP) is 0.825. The molecular weight excluding hydrogens is 166 g/mol. The first-order valence-corrected chi connectivity index (χ1v) is 4.31. The van der Waals surface area contributed by atoms with Gasteiger partial charge in [-0.2, -0.15) is 0 Å². The molecule has 72 valence electrons. The van der Waals surface area contributed by atoms with Crippen molar-refractivity contribution in [2.75, 3.05) is 13.2 Å². The summed E-state index contributed by atoms with van der Waals surface area (Å²) in [6, 6.07) is 5.85. The maximum absolute atomic E-state index is 8.60. The molecule has 0 heterocycles. The molecule has 0 aliphatic rings. The molecule has 0 bridgehead atoms. The van der Waals surface area contributed by atoms with Crippen molar-refractivity contribution in [3.8, 4) is 5.75 Å². The number of rotatable bonds is 4. The summed E-state index contributed by atoms with van der Waals surface area (Å²) in [6.45, 7) is 2.84. The average molecular weight is 181 g/mol. The summed E-state index contributed by atoms with van der Waals surface area (Å²) in [5, 5.41) is 8.60. The van der Waals surface area contributed by atoms with Gasteiger partial charge in [-0.05, 0) is 24.1 Å². The largest absolute Gasteiger partial charge is 0.491 e. The second-order valence-electron chi connectivity index (χ2n) is 2.88. The van der Waals surface area contributed by atoms with Gasteiger partial charge < -0.3 is 15.6 Å². The molecule has 0 aliphatic heterocycles. The van der Waals surface area contributed by atoms with Gasteiger partial charge in [-0.25, -0.2) is 0 Å². The SMILES string of the molecule is Cc1ccc(CN)cc1OCCO. The van der Waals surface area contributed by atoms with Crippen LogP contribution in [0.4, 0.5) is 0 Å². The lowest BCUT2D eigenvalue weighted by molar-refractivity contribution is 0.200. The van der Waals surface area contributed by atoms with Crippen molar-refractivity contribution >= 4 is 0 Å². The number of hydrogen-bond donors (Lipinski definition) is 2. The fourth-order valence-electron chi connectivity index (χ4n) is 1.08. The molecule has 0 unspecified atom stereocenters. The van der Waals surface area contributed by atoms with E-state index in [0.717, 1.165) is 16.9 Å². The quantitative estimate of drug-likeness (QED) is 0.723. The molecule has 3 heteroatoms. The zero-order valence-corrected chi connectivity index (χ0v) is 7.79. The monoisotopic (exact) mass is 181 g/mol. The topological polar surface area (TPSA) is 55.5 Å². The number of benzene rings is 1. The second kappa shape index (κ2) is 4.84. The van der Waals surface area contributed by atoms with Crippen molar-refractivity contribution < 1.29 is 9.84 Å². The Bertz CT molecular complexity index is 274. The molecule has 1 aromatic carbocycles. The molecule has 0 aliphatic carbocycles. The van der Waals surface area contributed by atoms with E-state index in [2.05, 4.69) is 0 Å². The Balaban J connectivity index is 2.78. The zero-order valence-electron chi connectivity index (χ0n) is 7.79. The first kappa shape index (κ1) is 10.0. The van der Waals surface area contributed by atoms with Gasteiger partial charge in [-0.1, -0.05) is 12.1 Å². The van der Waals surface area contributed by atoms with Crippen molar-refractivity contribution in [3.05, 3.63) is 29.3 Å². The maximum Gasteiger partial charge on any atom is 0.122 e. The van der Waals surface area contributed by atoms with Crippen LogP contribution in [-0.2, 0) is 6.54 Å². The van der Waals surface area contributed by atoms with E-state index in [9.17, 15) is 0 Å². The van der Waals surface area contributed by atoms with E-state index in [4.69, 9.17) is 15.6 Å². The van der Waals surface area contributed by atoms with E-state index in [1.54, 1.807) is 0 Å². The summed E-state index contributed by atoms with van der Waals surface area (Å²) in [5.74, 6) is 0.803. The van der Waals surface area contributed by atoms with Crippen LogP contribution < -0.4 is 10.5 Å². The highest BCUT2D eigenvalue weighted by molar-refractivity contribution is 5.36. The summed E-state index contributed by atoms with van der Waals surface area (Å²) in [7, 11) is 0. The highest BCUT2D eigenvalue weighted by atomic mass is 16.5. The third kappa shape index (κ3) is 2.72. The van der Waals surface area contributed by atoms with Gasteiger partial charge >= 0.3 is 0 Å². The Hall–Kier alpha value is -1.06. The summed E-state index contributed by atoms with van der Waals surface area (Å²) >= 11 is 0. The number of ether oxygens (including phenoxy) is 1. The fraction of sp³-hybridized carbons (Fsp3) is 0.400. The smallest absolute Gasteiger partial charge is 0.122 e. The van der Waals surface area contributed by atoms with Crippen LogP contribution in [-0.4, -0.2) is 18.3 Å². The molecule has 13 heavy (non-hydrogen) atoms. The van der Waals surface area contributed by atoms with Crippen LogP contribution in [0.1, 0.15) is 11.1 Å². The van der Waals surface area contributed by atoms with E-state index in [1.165, 1.54) is 0 Å². The lowest BCUT2D eigenvalue weighted by Crippen LogP contribution is -2.04. The van der Waals surface area contributed by atoms with Gasteiger partial charge in [-0.15, -0.1) is 0 Å². The number of aryl methyl sites for hydroxylation is 1. The summed E-state index contributed by atoms with van der Waals surface area (Å²) < 4.78 is 5.32. The van der Waals surface area contributed by atoms with E-state index in [0.29, 0.717) is 13.2 Å². The molecule has 3 N–H and O–H groups in total. The molecule has 0 saturated carbocycles. The Morgan fingerprint density at radius 2 is 2.23 bits per heavy atom. The van der Waals surface area contributed by atoms with Crippen molar-refractivity contribution in [2.45, 2.75) is 13.5 Å². The summed E-state index contributed by atoms with van der Waals surface area (Å²) in [6.07, 6.45) is 0. The van der Waals surface area contributed by atoms with E-state index in [1.807, 2.05) is 25.1 Å². The van der Waals surface area contributed by atoms with Crippen LogP contribution in [0, 0.1) is 6.92 Å². The number of nitrogens with two attached hydrogens (primary N) is 1. The molecule has 0 saturated heterocycles. The van der Waals surface area contributed by atoms with Gasteiger partial charge in [0, 0.05) is 6.54 Å². The molecular formula is C10H15NO2. The minimum Gasteiger partial charge on any atom is -0.491 e. The zero-order chi connectivity index (χ0) is 9.68. The molecule has 1 rings (SSSR count). The number of aliphatic hydroxyl groups excluding tert-OH is 1. The normalized spacial score (nSPS) is 10.1.